The minimum absolute atomic E-state index is 0.0651. The number of aliphatic imine (C=N–C) groups is 1. The van der Waals surface area contributed by atoms with Gasteiger partial charge in [-0.1, -0.05) is 47.7 Å². The van der Waals surface area contributed by atoms with Gasteiger partial charge in [0.2, 0.25) is 0 Å². The molecule has 0 N–H and O–H groups in total. The topological polar surface area (TPSA) is 12.4 Å². The van der Waals surface area contributed by atoms with E-state index in [4.69, 9.17) is 0 Å². The predicted molar refractivity (Wildman–Crippen MR) is 104 cm³/mol. The zero-order chi connectivity index (χ0) is 19.4. The first-order chi connectivity index (χ1) is 13.0. The highest BCUT2D eigenvalue weighted by Crippen LogP contribution is 2.24. The Morgan fingerprint density at radius 3 is 2.00 bits per heavy atom. The van der Waals surface area contributed by atoms with Gasteiger partial charge in [0.05, 0.1) is 10.7 Å². The van der Waals surface area contributed by atoms with Crippen LogP contribution >= 0.6 is 12.2 Å². The van der Waals surface area contributed by atoms with Gasteiger partial charge in [-0.2, -0.15) is 4.99 Å². The van der Waals surface area contributed by atoms with Crippen molar-refractivity contribution in [2.75, 3.05) is 0 Å². The van der Waals surface area contributed by atoms with E-state index in [0.717, 1.165) is 28.8 Å². The van der Waals surface area contributed by atoms with Crippen LogP contribution in [0.25, 0.3) is 11.1 Å². The van der Waals surface area contributed by atoms with Gasteiger partial charge >= 0.3 is 0 Å². The summed E-state index contributed by atoms with van der Waals surface area (Å²) in [5.74, 6) is 2.83. The molecule has 27 heavy (non-hydrogen) atoms. The second-order valence-corrected chi connectivity index (χ2v) is 5.98. The number of benzene rings is 3. The molecule has 3 aromatic carbocycles. The van der Waals surface area contributed by atoms with Gasteiger partial charge in [-0.15, -0.1) is 0 Å². The number of thiocarbonyl (C=S) groups is 1. The zero-order valence-electron chi connectivity index (χ0n) is 14.2. The van der Waals surface area contributed by atoms with Crippen LogP contribution in [0.15, 0.2) is 59.6 Å². The summed E-state index contributed by atoms with van der Waals surface area (Å²) < 4.78 is 42.0. The highest BCUT2D eigenvalue weighted by atomic mass is 32.1. The van der Waals surface area contributed by atoms with E-state index in [-0.39, 0.29) is 11.1 Å². The van der Waals surface area contributed by atoms with Crippen molar-refractivity contribution in [2.24, 2.45) is 4.99 Å². The summed E-state index contributed by atoms with van der Waals surface area (Å²) in [7, 11) is 0. The molecule has 0 radical (unpaired) electrons. The quantitative estimate of drug-likeness (QED) is 0.293. The Morgan fingerprint density at radius 2 is 1.41 bits per heavy atom. The molecule has 0 saturated carbocycles. The molecule has 0 aliphatic rings. The van der Waals surface area contributed by atoms with Gasteiger partial charge in [0, 0.05) is 5.56 Å². The minimum Gasteiger partial charge on any atom is -0.206 e. The SMILES string of the molecule is Cc1ccc(-c2ccc(C#Cc3cc(F)c(N=C=S)c(F)c3)c(F)c2)cc1. The van der Waals surface area contributed by atoms with Crippen LogP contribution in [0.4, 0.5) is 18.9 Å². The van der Waals surface area contributed by atoms with Crippen LogP contribution in [-0.2, 0) is 0 Å². The van der Waals surface area contributed by atoms with Crippen LogP contribution in [0.3, 0.4) is 0 Å². The van der Waals surface area contributed by atoms with Crippen molar-refractivity contribution >= 4 is 23.1 Å². The van der Waals surface area contributed by atoms with Gasteiger partial charge in [0.1, 0.15) is 11.5 Å². The second-order valence-electron chi connectivity index (χ2n) is 5.80. The Balaban J connectivity index is 1.91. The first-order valence-corrected chi connectivity index (χ1v) is 8.34. The highest BCUT2D eigenvalue weighted by molar-refractivity contribution is 7.78. The van der Waals surface area contributed by atoms with Crippen LogP contribution in [0.2, 0.25) is 0 Å². The number of halogens is 3. The van der Waals surface area contributed by atoms with Crippen LogP contribution in [0.5, 0.6) is 0 Å². The van der Waals surface area contributed by atoms with E-state index in [9.17, 15) is 13.2 Å². The Bertz CT molecular complexity index is 1100. The summed E-state index contributed by atoms with van der Waals surface area (Å²) >= 11 is 4.35. The summed E-state index contributed by atoms with van der Waals surface area (Å²) in [6.45, 7) is 1.98. The van der Waals surface area contributed by atoms with Crippen molar-refractivity contribution in [2.45, 2.75) is 6.92 Å². The molecule has 5 heteroatoms. The number of aryl methyl sites for hydroxylation is 1. The monoisotopic (exact) mass is 379 g/mol. The molecule has 0 bridgehead atoms. The number of hydrogen-bond acceptors (Lipinski definition) is 2. The Morgan fingerprint density at radius 1 is 0.778 bits per heavy atom. The molecule has 0 atom stereocenters. The predicted octanol–water partition coefficient (Wildman–Crippen LogP) is 6.21. The lowest BCUT2D eigenvalue weighted by atomic mass is 10.0. The zero-order valence-corrected chi connectivity index (χ0v) is 15.0. The molecule has 3 aromatic rings. The van der Waals surface area contributed by atoms with Crippen LogP contribution in [0.1, 0.15) is 16.7 Å². The summed E-state index contributed by atoms with van der Waals surface area (Å²) in [6.07, 6.45) is 0. The van der Waals surface area contributed by atoms with E-state index in [1.54, 1.807) is 6.07 Å². The molecule has 132 valence electrons. The number of rotatable bonds is 2. The third kappa shape index (κ3) is 4.32. The molecular formula is C22H12F3NS. The van der Waals surface area contributed by atoms with Gasteiger partial charge in [-0.3, -0.25) is 0 Å². The van der Waals surface area contributed by atoms with E-state index >= 15 is 0 Å². The third-order valence-electron chi connectivity index (χ3n) is 3.87. The fourth-order valence-corrected chi connectivity index (χ4v) is 2.56. The maximum atomic E-state index is 14.4. The van der Waals surface area contributed by atoms with Gasteiger partial charge in [-0.05, 0) is 54.5 Å². The van der Waals surface area contributed by atoms with E-state index in [2.05, 4.69) is 29.1 Å². The number of hydrogen-bond donors (Lipinski definition) is 0. The van der Waals surface area contributed by atoms with Gasteiger partial charge in [0.15, 0.2) is 11.6 Å². The molecule has 0 unspecified atom stereocenters. The molecule has 0 heterocycles. The molecule has 0 saturated heterocycles. The summed E-state index contributed by atoms with van der Waals surface area (Å²) in [4.78, 5) is 3.33. The lowest BCUT2D eigenvalue weighted by Crippen LogP contribution is -1.88. The van der Waals surface area contributed by atoms with Crippen molar-refractivity contribution in [3.05, 3.63) is 88.7 Å². The maximum absolute atomic E-state index is 14.4. The first-order valence-electron chi connectivity index (χ1n) is 7.93. The maximum Gasteiger partial charge on any atom is 0.153 e. The van der Waals surface area contributed by atoms with Crippen molar-refractivity contribution < 1.29 is 13.2 Å². The smallest absolute Gasteiger partial charge is 0.153 e. The van der Waals surface area contributed by atoms with Crippen molar-refractivity contribution in [3.63, 3.8) is 0 Å². The second kappa shape index (κ2) is 8.01. The van der Waals surface area contributed by atoms with Crippen molar-refractivity contribution in [3.8, 4) is 23.0 Å². The molecule has 0 amide bonds. The fraction of sp³-hybridized carbons (Fsp3) is 0.0455. The average Bonchev–Trinajstić information content (AvgIpc) is 2.64. The largest absolute Gasteiger partial charge is 0.206 e. The summed E-state index contributed by atoms with van der Waals surface area (Å²) in [6, 6.07) is 14.4. The molecule has 0 aliphatic heterocycles. The summed E-state index contributed by atoms with van der Waals surface area (Å²) in [5.41, 5.74) is 2.39. The standard InChI is InChI=1S/C22H12F3NS/c1-14-2-5-16(6-3-14)18-9-8-17(19(23)12-18)7-4-15-10-20(24)22(26-13-27)21(25)11-15/h2-3,5-6,8-12H,1H3. The van der Waals surface area contributed by atoms with Crippen LogP contribution in [-0.4, -0.2) is 5.16 Å². The molecule has 0 fully saturated rings. The lowest BCUT2D eigenvalue weighted by molar-refractivity contribution is 0.587. The normalized spacial score (nSPS) is 9.93. The molecule has 0 spiro atoms. The summed E-state index contributed by atoms with van der Waals surface area (Å²) in [5, 5.41) is 1.91. The highest BCUT2D eigenvalue weighted by Gasteiger charge is 2.09. The van der Waals surface area contributed by atoms with Gasteiger partial charge < -0.3 is 0 Å². The molecule has 1 nitrogen and oxygen atoms in total. The van der Waals surface area contributed by atoms with E-state index in [0.29, 0.717) is 0 Å². The number of nitrogens with zero attached hydrogens (tertiary/aromatic N) is 1. The Hall–Kier alpha value is -3.19. The third-order valence-corrected chi connectivity index (χ3v) is 3.96. The lowest BCUT2D eigenvalue weighted by Gasteiger charge is -2.04. The van der Waals surface area contributed by atoms with Crippen LogP contribution < -0.4 is 0 Å². The van der Waals surface area contributed by atoms with Crippen molar-refractivity contribution in [1.82, 2.24) is 0 Å². The van der Waals surface area contributed by atoms with Crippen molar-refractivity contribution in [1.29, 1.82) is 0 Å². The molecule has 0 aromatic heterocycles. The van der Waals surface area contributed by atoms with E-state index in [1.807, 2.05) is 36.4 Å². The van der Waals surface area contributed by atoms with Crippen LogP contribution in [0, 0.1) is 36.2 Å². The van der Waals surface area contributed by atoms with Gasteiger partial charge in [0.25, 0.3) is 0 Å². The fourth-order valence-electron chi connectivity index (χ4n) is 2.47. The first kappa shape index (κ1) is 18.6. The molecule has 3 rings (SSSR count). The Kier molecular flexibility index (Phi) is 5.52. The molecule has 0 aliphatic carbocycles. The van der Waals surface area contributed by atoms with Gasteiger partial charge in [-0.25, -0.2) is 13.2 Å². The average molecular weight is 379 g/mol. The number of isothiocyanates is 1. The minimum atomic E-state index is -0.910. The Labute approximate surface area is 160 Å². The molecular weight excluding hydrogens is 367 g/mol. The van der Waals surface area contributed by atoms with E-state index < -0.39 is 23.1 Å². The van der Waals surface area contributed by atoms with E-state index in [1.165, 1.54) is 12.1 Å².